The second-order valence-corrected chi connectivity index (χ2v) is 11.1. The zero-order valence-corrected chi connectivity index (χ0v) is 25.0. The fraction of sp³-hybridized carbons (Fsp3) is 0.250. The molecule has 0 heterocycles. The zero-order valence-electron chi connectivity index (χ0n) is 25.0. The number of ether oxygens (including phenoxy) is 2. The van der Waals surface area contributed by atoms with Crippen LogP contribution in [0.25, 0.3) is 0 Å². The molecule has 0 aliphatic rings. The molecule has 2 nitrogen and oxygen atoms in total. The first-order valence-electron chi connectivity index (χ1n) is 15.2. The maximum atomic E-state index is 5.78. The lowest BCUT2D eigenvalue weighted by atomic mass is 9.96. The van der Waals surface area contributed by atoms with Crippen molar-refractivity contribution in [1.29, 1.82) is 0 Å². The van der Waals surface area contributed by atoms with Gasteiger partial charge in [0.15, 0.2) is 0 Å². The van der Waals surface area contributed by atoms with Crippen LogP contribution >= 0.6 is 0 Å². The summed E-state index contributed by atoms with van der Waals surface area (Å²) in [6, 6.07) is 44.0. The second kappa shape index (κ2) is 15.1. The number of hydrogen-bond acceptors (Lipinski definition) is 2. The number of rotatable bonds is 14. The van der Waals surface area contributed by atoms with Crippen molar-refractivity contribution in [2.24, 2.45) is 0 Å². The van der Waals surface area contributed by atoms with Crippen LogP contribution in [0.5, 0.6) is 11.5 Å². The van der Waals surface area contributed by atoms with Gasteiger partial charge in [-0.3, -0.25) is 0 Å². The summed E-state index contributed by atoms with van der Waals surface area (Å²) in [7, 11) is 3.50. The van der Waals surface area contributed by atoms with Gasteiger partial charge in [-0.15, -0.1) is 0 Å². The lowest BCUT2D eigenvalue weighted by molar-refractivity contribution is 0.388. The summed E-state index contributed by atoms with van der Waals surface area (Å²) in [5.74, 6) is 1.80. The summed E-state index contributed by atoms with van der Waals surface area (Å²) in [6.07, 6.45) is 8.10. The standard InChI is InChI=1S/C40H42O2/c1-41-39-30-40(42-2)38(28-26-36-23-19-34(20-24-36)16-14-32-11-7-4-8-12-32)29-37(39)27-25-35-21-17-33(18-22-35)15-13-31-9-5-3-6-10-31/h3-12,17-24,29-30H,13-16,25-28H2,1-2H3. The highest BCUT2D eigenvalue weighted by atomic mass is 16.5. The van der Waals surface area contributed by atoms with E-state index in [2.05, 4.69) is 121 Å². The Morgan fingerprint density at radius 1 is 0.333 bits per heavy atom. The molecule has 0 radical (unpaired) electrons. The smallest absolute Gasteiger partial charge is 0.125 e. The Morgan fingerprint density at radius 2 is 0.619 bits per heavy atom. The van der Waals surface area contributed by atoms with E-state index >= 15 is 0 Å². The molecule has 0 aliphatic heterocycles. The van der Waals surface area contributed by atoms with Crippen molar-refractivity contribution in [3.63, 3.8) is 0 Å². The van der Waals surface area contributed by atoms with Gasteiger partial charge in [-0.1, -0.05) is 109 Å². The number of aryl methyl sites for hydroxylation is 8. The Hall–Kier alpha value is -4.30. The summed E-state index contributed by atoms with van der Waals surface area (Å²) in [4.78, 5) is 0. The van der Waals surface area contributed by atoms with E-state index in [1.807, 2.05) is 0 Å². The quantitative estimate of drug-likeness (QED) is 0.137. The van der Waals surface area contributed by atoms with Crippen LogP contribution in [0.15, 0.2) is 121 Å². The lowest BCUT2D eigenvalue weighted by Crippen LogP contribution is -2.02. The first kappa shape index (κ1) is 29.2. The predicted molar refractivity (Wildman–Crippen MR) is 175 cm³/mol. The van der Waals surface area contributed by atoms with Crippen LogP contribution < -0.4 is 9.47 Å². The van der Waals surface area contributed by atoms with Gasteiger partial charge in [-0.25, -0.2) is 0 Å². The van der Waals surface area contributed by atoms with Crippen molar-refractivity contribution in [1.82, 2.24) is 0 Å². The van der Waals surface area contributed by atoms with E-state index in [1.54, 1.807) is 14.2 Å². The third kappa shape index (κ3) is 8.36. The molecular formula is C40H42O2. The van der Waals surface area contributed by atoms with Gasteiger partial charge in [0.2, 0.25) is 0 Å². The van der Waals surface area contributed by atoms with E-state index in [0.29, 0.717) is 0 Å². The van der Waals surface area contributed by atoms with Crippen LogP contribution in [-0.2, 0) is 51.4 Å². The minimum Gasteiger partial charge on any atom is -0.496 e. The Balaban J connectivity index is 1.17. The summed E-state index contributed by atoms with van der Waals surface area (Å²) < 4.78 is 11.6. The molecule has 0 saturated carbocycles. The van der Waals surface area contributed by atoms with Crippen LogP contribution in [0.3, 0.4) is 0 Å². The fourth-order valence-electron chi connectivity index (χ4n) is 5.60. The minimum absolute atomic E-state index is 0.901. The van der Waals surface area contributed by atoms with Crippen LogP contribution in [0.4, 0.5) is 0 Å². The lowest BCUT2D eigenvalue weighted by Gasteiger charge is -2.15. The third-order valence-electron chi connectivity index (χ3n) is 8.19. The third-order valence-corrected chi connectivity index (χ3v) is 8.19. The number of methoxy groups -OCH3 is 2. The molecule has 0 bridgehead atoms. The monoisotopic (exact) mass is 554 g/mol. The predicted octanol–water partition coefficient (Wildman–Crippen LogP) is 8.84. The van der Waals surface area contributed by atoms with E-state index in [4.69, 9.17) is 9.47 Å². The molecule has 5 aromatic rings. The summed E-state index contributed by atoms with van der Waals surface area (Å²) in [6.45, 7) is 0. The van der Waals surface area contributed by atoms with Crippen molar-refractivity contribution in [3.8, 4) is 11.5 Å². The fourth-order valence-corrected chi connectivity index (χ4v) is 5.60. The van der Waals surface area contributed by atoms with E-state index in [0.717, 1.165) is 62.9 Å². The molecule has 5 aromatic carbocycles. The molecule has 0 unspecified atom stereocenters. The van der Waals surface area contributed by atoms with Gasteiger partial charge in [-0.05, 0) is 102 Å². The van der Waals surface area contributed by atoms with Crippen molar-refractivity contribution in [2.45, 2.75) is 51.4 Å². The molecule has 0 saturated heterocycles. The van der Waals surface area contributed by atoms with Gasteiger partial charge in [-0.2, -0.15) is 0 Å². The number of benzene rings is 5. The largest absolute Gasteiger partial charge is 0.496 e. The molecular weight excluding hydrogens is 512 g/mol. The molecule has 0 aromatic heterocycles. The summed E-state index contributed by atoms with van der Waals surface area (Å²) in [5, 5.41) is 0. The maximum Gasteiger partial charge on any atom is 0.125 e. The van der Waals surface area contributed by atoms with Gasteiger partial charge in [0.05, 0.1) is 14.2 Å². The second-order valence-electron chi connectivity index (χ2n) is 11.1. The van der Waals surface area contributed by atoms with Crippen molar-refractivity contribution in [3.05, 3.63) is 166 Å². The molecule has 42 heavy (non-hydrogen) atoms. The molecule has 2 heteroatoms. The highest BCUT2D eigenvalue weighted by Gasteiger charge is 2.12. The SMILES string of the molecule is COc1cc(OC)c(CCc2ccc(CCc3ccccc3)cc2)cc1CCc1ccc(CCc2ccccc2)cc1. The number of hydrogen-bond donors (Lipinski definition) is 0. The van der Waals surface area contributed by atoms with Crippen LogP contribution in [0, 0.1) is 0 Å². The molecule has 0 atom stereocenters. The highest BCUT2D eigenvalue weighted by Crippen LogP contribution is 2.31. The van der Waals surface area contributed by atoms with Gasteiger partial charge < -0.3 is 9.47 Å². The van der Waals surface area contributed by atoms with Crippen molar-refractivity contribution in [2.75, 3.05) is 14.2 Å². The van der Waals surface area contributed by atoms with E-state index < -0.39 is 0 Å². The van der Waals surface area contributed by atoms with Crippen LogP contribution in [0.2, 0.25) is 0 Å². The molecule has 0 fully saturated rings. The molecule has 0 amide bonds. The molecule has 0 N–H and O–H groups in total. The van der Waals surface area contributed by atoms with Gasteiger partial charge in [0, 0.05) is 6.07 Å². The van der Waals surface area contributed by atoms with Gasteiger partial charge in [0.25, 0.3) is 0 Å². The normalized spacial score (nSPS) is 10.9. The van der Waals surface area contributed by atoms with Crippen LogP contribution in [-0.4, -0.2) is 14.2 Å². The van der Waals surface area contributed by atoms with Gasteiger partial charge >= 0.3 is 0 Å². The van der Waals surface area contributed by atoms with E-state index in [9.17, 15) is 0 Å². The van der Waals surface area contributed by atoms with Gasteiger partial charge in [0.1, 0.15) is 11.5 Å². The van der Waals surface area contributed by atoms with Crippen molar-refractivity contribution >= 4 is 0 Å². The molecule has 0 aliphatic carbocycles. The first-order chi connectivity index (χ1) is 20.7. The summed E-state index contributed by atoms with van der Waals surface area (Å²) >= 11 is 0. The maximum absolute atomic E-state index is 5.78. The minimum atomic E-state index is 0.901. The Bertz CT molecular complexity index is 1390. The topological polar surface area (TPSA) is 18.5 Å². The Kier molecular flexibility index (Phi) is 10.5. The van der Waals surface area contributed by atoms with Crippen molar-refractivity contribution < 1.29 is 9.47 Å². The molecule has 5 rings (SSSR count). The average Bonchev–Trinajstić information content (AvgIpc) is 3.06. The van der Waals surface area contributed by atoms with E-state index in [-0.39, 0.29) is 0 Å². The Labute approximate surface area is 252 Å². The van der Waals surface area contributed by atoms with Crippen LogP contribution in [0.1, 0.15) is 44.5 Å². The zero-order chi connectivity index (χ0) is 29.0. The summed E-state index contributed by atoms with van der Waals surface area (Å²) in [5.41, 5.74) is 10.7. The van der Waals surface area contributed by atoms with E-state index in [1.165, 1.54) is 44.5 Å². The first-order valence-corrected chi connectivity index (χ1v) is 15.2. The average molecular weight is 555 g/mol. The molecule has 0 spiro atoms. The highest BCUT2D eigenvalue weighted by molar-refractivity contribution is 5.47. The Morgan fingerprint density at radius 3 is 0.929 bits per heavy atom. The molecule has 214 valence electrons.